The third-order valence-electron chi connectivity index (χ3n) is 6.14. The van der Waals surface area contributed by atoms with Crippen molar-refractivity contribution in [1.82, 2.24) is 19.9 Å². The Morgan fingerprint density at radius 1 is 1.03 bits per heavy atom. The fraction of sp³-hybridized carbons (Fsp3) is 0.360. The van der Waals surface area contributed by atoms with E-state index in [-0.39, 0.29) is 18.5 Å². The number of anilines is 2. The van der Waals surface area contributed by atoms with Gasteiger partial charge in [-0.15, -0.1) is 0 Å². The maximum atomic E-state index is 11.8. The van der Waals surface area contributed by atoms with Gasteiger partial charge in [0.05, 0.1) is 18.4 Å². The molecular formula is C25H31N7O. The molecule has 1 amide bonds. The summed E-state index contributed by atoms with van der Waals surface area (Å²) in [5, 5.41) is 0. The van der Waals surface area contributed by atoms with Crippen molar-refractivity contribution >= 4 is 17.5 Å². The van der Waals surface area contributed by atoms with Crippen LogP contribution in [0.2, 0.25) is 0 Å². The van der Waals surface area contributed by atoms with Crippen molar-refractivity contribution in [1.29, 1.82) is 0 Å². The van der Waals surface area contributed by atoms with Crippen LogP contribution >= 0.6 is 0 Å². The second-order valence-electron chi connectivity index (χ2n) is 8.64. The number of rotatable bonds is 6. The van der Waals surface area contributed by atoms with Gasteiger partial charge >= 0.3 is 0 Å². The summed E-state index contributed by atoms with van der Waals surface area (Å²) >= 11 is 0. The molecule has 2 atom stereocenters. The minimum atomic E-state index is -0.0833. The summed E-state index contributed by atoms with van der Waals surface area (Å²) in [6.45, 7) is 6.67. The number of piperazine rings is 1. The van der Waals surface area contributed by atoms with E-state index in [9.17, 15) is 4.79 Å². The number of carbonyl (C=O) groups excluding carboxylic acids is 1. The van der Waals surface area contributed by atoms with Crippen molar-refractivity contribution in [2.24, 2.45) is 5.73 Å². The van der Waals surface area contributed by atoms with Gasteiger partial charge in [-0.1, -0.05) is 18.2 Å². The highest BCUT2D eigenvalue weighted by atomic mass is 16.2. The molecule has 172 valence electrons. The average molecular weight is 446 g/mol. The summed E-state index contributed by atoms with van der Waals surface area (Å²) in [4.78, 5) is 31.7. The molecule has 0 saturated carbocycles. The topological polar surface area (TPSA) is 91.5 Å². The minimum Gasteiger partial charge on any atom is -0.364 e. The highest BCUT2D eigenvalue weighted by Gasteiger charge is 2.30. The molecule has 0 aliphatic carbocycles. The highest BCUT2D eigenvalue weighted by molar-refractivity contribution is 5.77. The number of hydrogen-bond donors (Lipinski definition) is 1. The smallest absolute Gasteiger partial charge is 0.236 e. The van der Waals surface area contributed by atoms with Crippen LogP contribution in [0.3, 0.4) is 0 Å². The van der Waals surface area contributed by atoms with Crippen LogP contribution in [-0.2, 0) is 11.3 Å². The van der Waals surface area contributed by atoms with E-state index < -0.39 is 0 Å². The predicted octanol–water partition coefficient (Wildman–Crippen LogP) is 2.56. The molecule has 4 rings (SSSR count). The van der Waals surface area contributed by atoms with Crippen molar-refractivity contribution < 1.29 is 4.79 Å². The van der Waals surface area contributed by atoms with E-state index in [0.29, 0.717) is 12.6 Å². The van der Waals surface area contributed by atoms with Gasteiger partial charge in [0, 0.05) is 62.9 Å². The molecule has 8 nitrogen and oxygen atoms in total. The first-order valence-electron chi connectivity index (χ1n) is 11.2. The number of hydrogen-bond acceptors (Lipinski definition) is 7. The zero-order valence-corrected chi connectivity index (χ0v) is 19.4. The Morgan fingerprint density at radius 3 is 2.45 bits per heavy atom. The number of nitrogens with two attached hydrogens (primary N) is 1. The molecule has 1 saturated heterocycles. The van der Waals surface area contributed by atoms with E-state index in [4.69, 9.17) is 15.7 Å². The molecule has 33 heavy (non-hydrogen) atoms. The highest BCUT2D eigenvalue weighted by Crippen LogP contribution is 2.26. The SMILES string of the molecule is C[C@@H]1CN(c2ncc(-c3cccc(CN(C)C(=O)CN)c3)cn2)[C@@H](C)CN1c1cccnc1. The largest absolute Gasteiger partial charge is 0.364 e. The van der Waals surface area contributed by atoms with E-state index in [0.717, 1.165) is 41.4 Å². The van der Waals surface area contributed by atoms with Crippen LogP contribution in [0.1, 0.15) is 19.4 Å². The first kappa shape index (κ1) is 22.7. The van der Waals surface area contributed by atoms with Crippen LogP contribution in [0.15, 0.2) is 61.2 Å². The van der Waals surface area contributed by atoms with E-state index in [1.54, 1.807) is 18.1 Å². The quantitative estimate of drug-likeness (QED) is 0.623. The summed E-state index contributed by atoms with van der Waals surface area (Å²) in [5.41, 5.74) is 9.61. The van der Waals surface area contributed by atoms with Crippen molar-refractivity contribution in [2.45, 2.75) is 32.5 Å². The summed E-state index contributed by atoms with van der Waals surface area (Å²) < 4.78 is 0. The Bertz CT molecular complexity index is 1070. The van der Waals surface area contributed by atoms with Crippen molar-refractivity contribution in [2.75, 3.05) is 36.5 Å². The maximum absolute atomic E-state index is 11.8. The van der Waals surface area contributed by atoms with Crippen LogP contribution < -0.4 is 15.5 Å². The third kappa shape index (κ3) is 5.12. The fourth-order valence-corrected chi connectivity index (χ4v) is 4.27. The van der Waals surface area contributed by atoms with Gasteiger partial charge < -0.3 is 20.4 Å². The van der Waals surface area contributed by atoms with Crippen LogP contribution in [0.4, 0.5) is 11.6 Å². The predicted molar refractivity (Wildman–Crippen MR) is 131 cm³/mol. The molecule has 8 heteroatoms. The zero-order chi connectivity index (χ0) is 23.4. The molecule has 2 aromatic heterocycles. The van der Waals surface area contributed by atoms with Crippen LogP contribution in [0, 0.1) is 0 Å². The summed E-state index contributed by atoms with van der Waals surface area (Å²) in [7, 11) is 1.76. The molecule has 0 radical (unpaired) electrons. The molecule has 3 aromatic rings. The molecule has 0 bridgehead atoms. The van der Waals surface area contributed by atoms with Gasteiger partial charge in [-0.05, 0) is 43.2 Å². The third-order valence-corrected chi connectivity index (χ3v) is 6.14. The molecule has 2 N–H and O–H groups in total. The minimum absolute atomic E-state index is 0.0129. The molecule has 0 unspecified atom stereocenters. The number of pyridine rings is 1. The number of likely N-dealkylation sites (N-methyl/N-ethyl adjacent to an activating group) is 1. The van der Waals surface area contributed by atoms with Crippen molar-refractivity contribution in [3.05, 3.63) is 66.7 Å². The van der Waals surface area contributed by atoms with E-state index in [1.165, 1.54) is 0 Å². The molecule has 1 fully saturated rings. The number of aromatic nitrogens is 3. The molecule has 3 heterocycles. The van der Waals surface area contributed by atoms with E-state index in [2.05, 4.69) is 40.8 Å². The van der Waals surface area contributed by atoms with Gasteiger partial charge in [-0.25, -0.2) is 9.97 Å². The molecule has 1 aliphatic rings. The Kier molecular flexibility index (Phi) is 6.84. The average Bonchev–Trinajstić information content (AvgIpc) is 2.85. The van der Waals surface area contributed by atoms with Crippen molar-refractivity contribution in [3.63, 3.8) is 0 Å². The fourth-order valence-electron chi connectivity index (χ4n) is 4.27. The Balaban J connectivity index is 1.47. The second kappa shape index (κ2) is 9.95. The number of carbonyl (C=O) groups is 1. The van der Waals surface area contributed by atoms with Crippen LogP contribution in [0.5, 0.6) is 0 Å². The lowest BCUT2D eigenvalue weighted by molar-refractivity contribution is -0.128. The summed E-state index contributed by atoms with van der Waals surface area (Å²) in [6.07, 6.45) is 7.47. The van der Waals surface area contributed by atoms with Gasteiger partial charge in [-0.3, -0.25) is 9.78 Å². The van der Waals surface area contributed by atoms with Gasteiger partial charge in [0.2, 0.25) is 11.9 Å². The maximum Gasteiger partial charge on any atom is 0.236 e. The van der Waals surface area contributed by atoms with Crippen LogP contribution in [0.25, 0.3) is 11.1 Å². The molecule has 1 aliphatic heterocycles. The normalized spacial score (nSPS) is 18.3. The molecular weight excluding hydrogens is 414 g/mol. The lowest BCUT2D eigenvalue weighted by Gasteiger charge is -2.45. The Morgan fingerprint density at radius 2 is 1.76 bits per heavy atom. The molecule has 0 spiro atoms. The van der Waals surface area contributed by atoms with Gasteiger partial charge in [-0.2, -0.15) is 0 Å². The lowest BCUT2D eigenvalue weighted by Crippen LogP contribution is -2.57. The summed E-state index contributed by atoms with van der Waals surface area (Å²) in [5.74, 6) is 0.661. The van der Waals surface area contributed by atoms with Crippen molar-refractivity contribution in [3.8, 4) is 11.1 Å². The number of benzene rings is 1. The second-order valence-corrected chi connectivity index (χ2v) is 8.64. The first-order valence-corrected chi connectivity index (χ1v) is 11.2. The van der Waals surface area contributed by atoms with E-state index in [1.807, 2.05) is 42.9 Å². The van der Waals surface area contributed by atoms with E-state index >= 15 is 0 Å². The molecule has 1 aromatic carbocycles. The standard InChI is InChI=1S/C25H31N7O/c1-18-16-32(19(2)15-31(18)23-8-5-9-27-14-23)25-28-12-22(13-29-25)21-7-4-6-20(10-21)17-30(3)24(33)11-26/h4-10,12-14,18-19H,11,15-17,26H2,1-3H3/t18-,19+/m1/s1. The van der Waals surface area contributed by atoms with Gasteiger partial charge in [0.15, 0.2) is 0 Å². The first-order chi connectivity index (χ1) is 16.0. The van der Waals surface area contributed by atoms with Gasteiger partial charge in [0.1, 0.15) is 0 Å². The lowest BCUT2D eigenvalue weighted by atomic mass is 10.1. The Labute approximate surface area is 195 Å². The number of nitrogens with zero attached hydrogens (tertiary/aromatic N) is 6. The Hall–Kier alpha value is -3.52. The van der Waals surface area contributed by atoms with Crippen LogP contribution in [-0.4, -0.2) is 64.5 Å². The zero-order valence-electron chi connectivity index (χ0n) is 19.4. The number of amides is 1. The monoisotopic (exact) mass is 445 g/mol. The van der Waals surface area contributed by atoms with Gasteiger partial charge in [0.25, 0.3) is 0 Å². The summed E-state index contributed by atoms with van der Waals surface area (Å²) in [6, 6.07) is 12.8.